The molecule has 4 aromatic rings. The molecular weight excluding hydrogens is 422 g/mol. The number of rotatable bonds is 4. The smallest absolute Gasteiger partial charge is 0.407 e. The van der Waals surface area contributed by atoms with E-state index in [1.807, 2.05) is 35.0 Å². The van der Waals surface area contributed by atoms with Gasteiger partial charge in [-0.2, -0.15) is 5.10 Å². The molecule has 4 heterocycles. The quantitative estimate of drug-likeness (QED) is 0.504. The number of carboxylic acid groups (broad SMARTS) is 1. The van der Waals surface area contributed by atoms with E-state index in [2.05, 4.69) is 10.1 Å². The van der Waals surface area contributed by atoms with E-state index >= 15 is 0 Å². The number of ether oxygens (including phenoxy) is 1. The first-order chi connectivity index (χ1) is 15.0. The number of fused-ring (bicyclic) bond motifs is 2. The summed E-state index contributed by atoms with van der Waals surface area (Å²) in [6.07, 6.45) is 3.98. The number of morpholine rings is 1. The van der Waals surface area contributed by atoms with Gasteiger partial charge in [-0.05, 0) is 29.8 Å². The van der Waals surface area contributed by atoms with E-state index in [1.165, 1.54) is 11.2 Å². The molecule has 9 nitrogen and oxygen atoms in total. The fraction of sp³-hybridized carbons (Fsp3) is 0.286. The van der Waals surface area contributed by atoms with Gasteiger partial charge in [-0.25, -0.2) is 14.3 Å². The number of benzene rings is 1. The van der Waals surface area contributed by atoms with Crippen molar-refractivity contribution in [1.29, 1.82) is 0 Å². The number of halogens is 1. The van der Waals surface area contributed by atoms with Crippen LogP contribution in [0.3, 0.4) is 0 Å². The Morgan fingerprint density at radius 3 is 3.00 bits per heavy atom. The number of aromatic nitrogens is 4. The van der Waals surface area contributed by atoms with Crippen molar-refractivity contribution < 1.29 is 19.7 Å². The fourth-order valence-corrected chi connectivity index (χ4v) is 4.37. The van der Waals surface area contributed by atoms with E-state index in [9.17, 15) is 15.0 Å². The maximum absolute atomic E-state index is 11.4. The van der Waals surface area contributed by atoms with Gasteiger partial charge < -0.3 is 24.4 Å². The Labute approximate surface area is 182 Å². The van der Waals surface area contributed by atoms with Gasteiger partial charge in [-0.15, -0.1) is 0 Å². The summed E-state index contributed by atoms with van der Waals surface area (Å²) in [5.74, 6) is 0. The van der Waals surface area contributed by atoms with Gasteiger partial charge in [-0.3, -0.25) is 0 Å². The second-order valence-corrected chi connectivity index (χ2v) is 7.96. The molecule has 0 radical (unpaired) electrons. The molecule has 0 spiro atoms. The normalized spacial score (nSPS) is 17.0. The van der Waals surface area contributed by atoms with Gasteiger partial charge in [0, 0.05) is 34.9 Å². The number of hydrogen-bond donors (Lipinski definition) is 2. The van der Waals surface area contributed by atoms with Crippen LogP contribution in [-0.2, 0) is 17.9 Å². The first kappa shape index (κ1) is 19.8. The molecule has 3 aromatic heterocycles. The lowest BCUT2D eigenvalue weighted by atomic mass is 10.1. The molecule has 1 amide bonds. The predicted octanol–water partition coefficient (Wildman–Crippen LogP) is 2.88. The summed E-state index contributed by atoms with van der Waals surface area (Å²) >= 11 is 6.42. The average Bonchev–Trinajstić information content (AvgIpc) is 3.37. The highest BCUT2D eigenvalue weighted by Crippen LogP contribution is 2.34. The molecule has 2 N–H and O–H groups in total. The third-order valence-corrected chi connectivity index (χ3v) is 5.75. The summed E-state index contributed by atoms with van der Waals surface area (Å²) in [7, 11) is 0. The summed E-state index contributed by atoms with van der Waals surface area (Å²) in [4.78, 5) is 17.3. The van der Waals surface area contributed by atoms with Crippen molar-refractivity contribution in [1.82, 2.24) is 24.1 Å². The first-order valence-corrected chi connectivity index (χ1v) is 10.2. The SMILES string of the molecule is O=C(O)N1CCO[C@H](Cn2ccc3cc(Cl)cc(-c4ncnn5cc(CO)cc45)c32)C1. The minimum absolute atomic E-state index is 0.0940. The lowest BCUT2D eigenvalue weighted by molar-refractivity contribution is -0.0287. The second-order valence-electron chi connectivity index (χ2n) is 7.53. The zero-order valence-electron chi connectivity index (χ0n) is 16.5. The van der Waals surface area contributed by atoms with E-state index in [0.717, 1.165) is 27.5 Å². The largest absolute Gasteiger partial charge is 0.465 e. The Hall–Kier alpha value is -3.14. The van der Waals surface area contributed by atoms with Crippen molar-refractivity contribution in [3.63, 3.8) is 0 Å². The molecule has 1 saturated heterocycles. The number of hydrogen-bond acceptors (Lipinski definition) is 5. The average molecular weight is 442 g/mol. The zero-order valence-corrected chi connectivity index (χ0v) is 17.2. The third kappa shape index (κ3) is 3.60. The Morgan fingerprint density at radius 1 is 1.32 bits per heavy atom. The van der Waals surface area contributed by atoms with Gasteiger partial charge in [0.25, 0.3) is 0 Å². The van der Waals surface area contributed by atoms with Gasteiger partial charge in [0.05, 0.1) is 49.1 Å². The van der Waals surface area contributed by atoms with E-state index in [0.29, 0.717) is 37.0 Å². The summed E-state index contributed by atoms with van der Waals surface area (Å²) in [6.45, 7) is 1.46. The van der Waals surface area contributed by atoms with Gasteiger partial charge >= 0.3 is 6.09 Å². The van der Waals surface area contributed by atoms with Gasteiger partial charge in [0.15, 0.2) is 0 Å². The van der Waals surface area contributed by atoms with Crippen molar-refractivity contribution in [2.45, 2.75) is 19.3 Å². The van der Waals surface area contributed by atoms with Gasteiger partial charge in [-0.1, -0.05) is 11.6 Å². The maximum atomic E-state index is 11.4. The molecule has 0 saturated carbocycles. The number of carbonyl (C=O) groups is 1. The van der Waals surface area contributed by atoms with Crippen molar-refractivity contribution in [2.75, 3.05) is 19.7 Å². The molecule has 5 rings (SSSR count). The molecule has 1 aromatic carbocycles. The Balaban J connectivity index is 1.61. The van der Waals surface area contributed by atoms with E-state index < -0.39 is 6.09 Å². The van der Waals surface area contributed by atoms with E-state index in [-0.39, 0.29) is 12.7 Å². The maximum Gasteiger partial charge on any atom is 0.407 e. The van der Waals surface area contributed by atoms with Gasteiger partial charge in [0.1, 0.15) is 6.33 Å². The van der Waals surface area contributed by atoms with Crippen molar-refractivity contribution >= 4 is 34.1 Å². The molecule has 10 heteroatoms. The summed E-state index contributed by atoms with van der Waals surface area (Å²) in [5.41, 5.74) is 3.94. The Bertz CT molecular complexity index is 1280. The molecule has 0 unspecified atom stereocenters. The predicted molar refractivity (Wildman–Crippen MR) is 114 cm³/mol. The van der Waals surface area contributed by atoms with Gasteiger partial charge in [0.2, 0.25) is 0 Å². The minimum atomic E-state index is -0.936. The highest BCUT2D eigenvalue weighted by molar-refractivity contribution is 6.32. The topological polar surface area (TPSA) is 105 Å². The zero-order chi connectivity index (χ0) is 21.5. The second kappa shape index (κ2) is 7.84. The van der Waals surface area contributed by atoms with Crippen LogP contribution in [0.2, 0.25) is 5.02 Å². The van der Waals surface area contributed by atoms with Crippen molar-refractivity contribution in [3.8, 4) is 11.3 Å². The van der Waals surface area contributed by atoms with Crippen LogP contribution < -0.4 is 0 Å². The summed E-state index contributed by atoms with van der Waals surface area (Å²) in [6, 6.07) is 7.57. The molecule has 1 atom stereocenters. The molecule has 160 valence electrons. The molecule has 0 bridgehead atoms. The Kier molecular flexibility index (Phi) is 5.01. The highest BCUT2D eigenvalue weighted by Gasteiger charge is 2.25. The molecule has 1 aliphatic rings. The number of amides is 1. The highest BCUT2D eigenvalue weighted by atomic mass is 35.5. The number of aliphatic hydroxyl groups excluding tert-OH is 1. The fourth-order valence-electron chi connectivity index (χ4n) is 4.15. The van der Waals surface area contributed by atoms with Crippen molar-refractivity contribution in [2.24, 2.45) is 0 Å². The first-order valence-electron chi connectivity index (χ1n) is 9.85. The minimum Gasteiger partial charge on any atom is -0.465 e. The lowest BCUT2D eigenvalue weighted by Gasteiger charge is -2.31. The Morgan fingerprint density at radius 2 is 2.19 bits per heavy atom. The molecule has 1 fully saturated rings. The van der Waals surface area contributed by atoms with Crippen LogP contribution in [0.15, 0.2) is 43.0 Å². The van der Waals surface area contributed by atoms with Crippen molar-refractivity contribution in [3.05, 3.63) is 53.6 Å². The lowest BCUT2D eigenvalue weighted by Crippen LogP contribution is -2.46. The molecular formula is C21H20ClN5O4. The van der Waals surface area contributed by atoms with Crippen LogP contribution in [0.25, 0.3) is 27.7 Å². The monoisotopic (exact) mass is 441 g/mol. The standard InChI is InChI=1S/C21H20ClN5O4/c22-15-6-14-1-2-25(9-16-10-26(21(29)30)3-4-31-16)20(14)17(7-15)19-18-5-13(11-28)8-27(18)24-12-23-19/h1-2,5-8,12,16,28H,3-4,9-11H2,(H,29,30)/t16-/m1/s1. The van der Waals surface area contributed by atoms with Crippen LogP contribution in [0.5, 0.6) is 0 Å². The van der Waals surface area contributed by atoms with Crippen LogP contribution in [0, 0.1) is 0 Å². The van der Waals surface area contributed by atoms with E-state index in [1.54, 1.807) is 10.7 Å². The molecule has 0 aliphatic carbocycles. The molecule has 1 aliphatic heterocycles. The van der Waals surface area contributed by atoms with Crippen LogP contribution >= 0.6 is 11.6 Å². The summed E-state index contributed by atoms with van der Waals surface area (Å²) < 4.78 is 9.56. The number of nitrogens with zero attached hydrogens (tertiary/aromatic N) is 5. The molecule has 31 heavy (non-hydrogen) atoms. The third-order valence-electron chi connectivity index (χ3n) is 5.54. The number of aliphatic hydroxyl groups is 1. The van der Waals surface area contributed by atoms with Crippen LogP contribution in [0.4, 0.5) is 4.79 Å². The van der Waals surface area contributed by atoms with Crippen LogP contribution in [0.1, 0.15) is 5.56 Å². The van der Waals surface area contributed by atoms with E-state index in [4.69, 9.17) is 16.3 Å². The van der Waals surface area contributed by atoms with Crippen LogP contribution in [-0.4, -0.2) is 66.2 Å². The summed E-state index contributed by atoms with van der Waals surface area (Å²) in [5, 5.41) is 24.6.